The van der Waals surface area contributed by atoms with Gasteiger partial charge in [-0.2, -0.15) is 0 Å². The third-order valence-electron chi connectivity index (χ3n) is 0.289. The largest absolute Gasteiger partial charge is 0.412 e. The van der Waals surface area contributed by atoms with Gasteiger partial charge in [0, 0.05) is 7.11 Å². The Hall–Kier alpha value is 0.137. The standard InChI is InChI=1S/C2H9NOSi/c1-3-5-4-2/h3H,5H2,1-2H3. The summed E-state index contributed by atoms with van der Waals surface area (Å²) in [5, 5.41) is 0. The van der Waals surface area contributed by atoms with Gasteiger partial charge in [0.15, 0.2) is 0 Å². The van der Waals surface area contributed by atoms with Crippen LogP contribution in [0.25, 0.3) is 0 Å². The molecule has 5 heavy (non-hydrogen) atoms. The molecule has 0 aliphatic carbocycles. The van der Waals surface area contributed by atoms with Crippen LogP contribution >= 0.6 is 0 Å². The van der Waals surface area contributed by atoms with Crippen molar-refractivity contribution in [1.82, 2.24) is 4.98 Å². The van der Waals surface area contributed by atoms with Crippen molar-refractivity contribution in [3.63, 3.8) is 0 Å². The van der Waals surface area contributed by atoms with E-state index in [1.165, 1.54) is 0 Å². The predicted octanol–water partition coefficient (Wildman–Crippen LogP) is -1.15. The Morgan fingerprint density at radius 1 is 1.80 bits per heavy atom. The van der Waals surface area contributed by atoms with Crippen LogP contribution < -0.4 is 4.98 Å². The van der Waals surface area contributed by atoms with E-state index in [0.29, 0.717) is 0 Å². The summed E-state index contributed by atoms with van der Waals surface area (Å²) in [6.07, 6.45) is 0. The van der Waals surface area contributed by atoms with Gasteiger partial charge in [-0.15, -0.1) is 0 Å². The molecule has 0 aliphatic heterocycles. The molecule has 0 rings (SSSR count). The van der Waals surface area contributed by atoms with Gasteiger partial charge in [-0.3, -0.25) is 0 Å². The lowest BCUT2D eigenvalue weighted by atomic mass is 11.6. The van der Waals surface area contributed by atoms with Crippen LogP contribution in [0.2, 0.25) is 0 Å². The molecule has 0 atom stereocenters. The van der Waals surface area contributed by atoms with Crippen molar-refractivity contribution in [2.75, 3.05) is 14.2 Å². The highest BCUT2D eigenvalue weighted by Gasteiger charge is 1.65. The molecule has 0 heterocycles. The molecular weight excluding hydrogens is 82.1 g/mol. The van der Waals surface area contributed by atoms with Crippen molar-refractivity contribution >= 4 is 9.92 Å². The molecule has 0 fully saturated rings. The zero-order valence-corrected chi connectivity index (χ0v) is 5.03. The zero-order valence-electron chi connectivity index (χ0n) is 3.62. The molecule has 0 unspecified atom stereocenters. The molecule has 0 aromatic carbocycles. The molecule has 32 valence electrons. The predicted molar refractivity (Wildman–Crippen MR) is 24.6 cm³/mol. The number of hydrogen-bond acceptors (Lipinski definition) is 2. The zero-order chi connectivity index (χ0) is 4.12. The molecule has 0 spiro atoms. The molecule has 0 saturated heterocycles. The number of rotatable bonds is 2. The van der Waals surface area contributed by atoms with E-state index in [4.69, 9.17) is 4.43 Å². The molecule has 0 aliphatic rings. The molecule has 0 aromatic heterocycles. The highest BCUT2D eigenvalue weighted by atomic mass is 28.2. The van der Waals surface area contributed by atoms with Gasteiger partial charge in [0.1, 0.15) is 0 Å². The quantitative estimate of drug-likeness (QED) is 0.433. The van der Waals surface area contributed by atoms with Gasteiger partial charge in [-0.1, -0.05) is 0 Å². The first kappa shape index (κ1) is 5.14. The molecule has 1 N–H and O–H groups in total. The van der Waals surface area contributed by atoms with Gasteiger partial charge < -0.3 is 9.41 Å². The minimum Gasteiger partial charge on any atom is -0.412 e. The maximum atomic E-state index is 4.72. The van der Waals surface area contributed by atoms with Gasteiger partial charge in [-0.05, 0) is 7.05 Å². The average Bonchev–Trinajstić information content (AvgIpc) is 1.41. The van der Waals surface area contributed by atoms with E-state index in [1.54, 1.807) is 7.11 Å². The Morgan fingerprint density at radius 3 is 2.40 bits per heavy atom. The van der Waals surface area contributed by atoms with Crippen molar-refractivity contribution < 1.29 is 4.43 Å². The molecular formula is C2H9NOSi. The topological polar surface area (TPSA) is 21.3 Å². The molecule has 3 heteroatoms. The Labute approximate surface area is 34.5 Å². The van der Waals surface area contributed by atoms with Crippen LogP contribution in [-0.2, 0) is 4.43 Å². The van der Waals surface area contributed by atoms with Gasteiger partial charge in [0.25, 0.3) is 0 Å². The minimum absolute atomic E-state index is 0.318. The second-order valence-corrected chi connectivity index (χ2v) is 2.36. The molecule has 0 radical (unpaired) electrons. The fourth-order valence-electron chi connectivity index (χ4n) is 0.144. The Morgan fingerprint density at radius 2 is 2.40 bits per heavy atom. The van der Waals surface area contributed by atoms with Gasteiger partial charge in [0.2, 0.25) is 9.92 Å². The highest BCUT2D eigenvalue weighted by Crippen LogP contribution is 1.42. The van der Waals surface area contributed by atoms with Crippen LogP contribution in [0.4, 0.5) is 0 Å². The summed E-state index contributed by atoms with van der Waals surface area (Å²) in [6.45, 7) is 0. The van der Waals surface area contributed by atoms with E-state index in [9.17, 15) is 0 Å². The van der Waals surface area contributed by atoms with Crippen LogP contribution in [0.1, 0.15) is 0 Å². The van der Waals surface area contributed by atoms with E-state index in [2.05, 4.69) is 4.98 Å². The summed E-state index contributed by atoms with van der Waals surface area (Å²) in [6, 6.07) is 0. The molecule has 0 bridgehead atoms. The molecule has 2 nitrogen and oxygen atoms in total. The molecule has 0 saturated carbocycles. The van der Waals surface area contributed by atoms with E-state index in [-0.39, 0.29) is 9.92 Å². The van der Waals surface area contributed by atoms with Crippen LogP contribution in [0.15, 0.2) is 0 Å². The summed E-state index contributed by atoms with van der Waals surface area (Å²) in [7, 11) is 3.29. The summed E-state index contributed by atoms with van der Waals surface area (Å²) in [5.74, 6) is 0. The third-order valence-corrected chi connectivity index (χ3v) is 0.866. The molecule has 0 amide bonds. The van der Waals surface area contributed by atoms with Crippen LogP contribution in [0.5, 0.6) is 0 Å². The van der Waals surface area contributed by atoms with E-state index in [0.717, 1.165) is 0 Å². The SMILES string of the molecule is CN[SiH2]OC. The van der Waals surface area contributed by atoms with Crippen molar-refractivity contribution in [1.29, 1.82) is 0 Å². The van der Waals surface area contributed by atoms with Crippen LogP contribution in [0.3, 0.4) is 0 Å². The highest BCUT2D eigenvalue weighted by molar-refractivity contribution is 6.23. The summed E-state index contributed by atoms with van der Waals surface area (Å²) in [5.41, 5.74) is 0. The van der Waals surface area contributed by atoms with E-state index >= 15 is 0 Å². The second-order valence-electron chi connectivity index (χ2n) is 0.787. The Bertz CT molecular complexity index is 17.1. The first-order valence-corrected chi connectivity index (χ1v) is 2.83. The summed E-state index contributed by atoms with van der Waals surface area (Å²) >= 11 is 0. The van der Waals surface area contributed by atoms with Gasteiger partial charge in [-0.25, -0.2) is 0 Å². The first-order valence-electron chi connectivity index (χ1n) is 1.55. The fraction of sp³-hybridized carbons (Fsp3) is 1.00. The normalized spacial score (nSPS) is 10.8. The lowest BCUT2D eigenvalue weighted by molar-refractivity contribution is 0.434. The lowest BCUT2D eigenvalue weighted by Gasteiger charge is -1.86. The fourth-order valence-corrected chi connectivity index (χ4v) is 0.433. The van der Waals surface area contributed by atoms with Crippen LogP contribution in [0, 0.1) is 0 Å². The maximum Gasteiger partial charge on any atom is 0.235 e. The van der Waals surface area contributed by atoms with Crippen molar-refractivity contribution in [2.45, 2.75) is 0 Å². The number of nitrogens with one attached hydrogen (secondary N) is 1. The smallest absolute Gasteiger partial charge is 0.235 e. The lowest BCUT2D eigenvalue weighted by Crippen LogP contribution is -2.13. The Balaban J connectivity index is 2.19. The van der Waals surface area contributed by atoms with E-state index in [1.807, 2.05) is 7.05 Å². The Kier molecular flexibility index (Phi) is 4.25. The number of hydrogen-bond donors (Lipinski definition) is 1. The summed E-state index contributed by atoms with van der Waals surface area (Å²) in [4.78, 5) is 2.93. The minimum atomic E-state index is -0.318. The third kappa shape index (κ3) is 4.14. The van der Waals surface area contributed by atoms with Crippen molar-refractivity contribution in [3.05, 3.63) is 0 Å². The average molecular weight is 91.2 g/mol. The van der Waals surface area contributed by atoms with Crippen LogP contribution in [-0.4, -0.2) is 24.1 Å². The first-order chi connectivity index (χ1) is 2.41. The van der Waals surface area contributed by atoms with E-state index < -0.39 is 0 Å². The maximum absolute atomic E-state index is 4.72. The van der Waals surface area contributed by atoms with Gasteiger partial charge >= 0.3 is 0 Å². The van der Waals surface area contributed by atoms with Gasteiger partial charge in [0.05, 0.1) is 0 Å². The summed E-state index contributed by atoms with van der Waals surface area (Å²) < 4.78 is 4.72. The molecule has 0 aromatic rings. The monoisotopic (exact) mass is 91.0 g/mol. The van der Waals surface area contributed by atoms with Crippen molar-refractivity contribution in [3.8, 4) is 0 Å². The second kappa shape index (κ2) is 4.14. The van der Waals surface area contributed by atoms with Crippen molar-refractivity contribution in [2.24, 2.45) is 0 Å².